The topological polar surface area (TPSA) is 61.7 Å². The number of anilines is 1. The molecule has 0 aliphatic carbocycles. The highest BCUT2D eigenvalue weighted by atomic mass is 19.4. The Bertz CT molecular complexity index is 803. The molecule has 2 aromatic carbocycles. The first kappa shape index (κ1) is 20.8. The molecule has 0 heterocycles. The Morgan fingerprint density at radius 3 is 2.07 bits per heavy atom. The van der Waals surface area contributed by atoms with Crippen LogP contribution in [-0.2, 0) is 6.18 Å². The Hall–Kier alpha value is -2.53. The van der Waals surface area contributed by atoms with E-state index >= 15 is 0 Å². The molecule has 0 bridgehead atoms. The zero-order valence-corrected chi connectivity index (χ0v) is 13.2. The number of alkyl halides is 3. The van der Waals surface area contributed by atoms with Crippen LogP contribution in [0, 0.1) is 23.3 Å². The van der Waals surface area contributed by atoms with Gasteiger partial charge in [0.1, 0.15) is 0 Å². The number of aliphatic hydroxyl groups excluding tert-OH is 2. The van der Waals surface area contributed by atoms with Gasteiger partial charge in [0.05, 0.1) is 24.0 Å². The summed E-state index contributed by atoms with van der Waals surface area (Å²) < 4.78 is 97.6. The van der Waals surface area contributed by atoms with Gasteiger partial charge in [-0.3, -0.25) is 0 Å². The van der Waals surface area contributed by atoms with Crippen molar-refractivity contribution in [2.45, 2.75) is 12.3 Å². The van der Waals surface area contributed by atoms with Gasteiger partial charge in [0.2, 0.25) is 5.82 Å². The minimum absolute atomic E-state index is 0.0573. The Kier molecular flexibility index (Phi) is 6.16. The second-order valence-corrected chi connectivity index (χ2v) is 5.32. The molecule has 0 radical (unpaired) electrons. The lowest BCUT2D eigenvalue weighted by molar-refractivity contribution is -0.138. The van der Waals surface area contributed by atoms with E-state index in [9.17, 15) is 35.8 Å². The van der Waals surface area contributed by atoms with Crippen LogP contribution in [0.15, 0.2) is 24.3 Å². The maximum Gasteiger partial charge on any atom is 0.416 e. The van der Waals surface area contributed by atoms with E-state index in [2.05, 4.69) is 10.1 Å². The van der Waals surface area contributed by atoms with Crippen molar-refractivity contribution in [1.82, 2.24) is 0 Å². The van der Waals surface area contributed by atoms with Gasteiger partial charge in [0, 0.05) is 6.54 Å². The van der Waals surface area contributed by atoms with Crippen LogP contribution in [0.2, 0.25) is 0 Å². The summed E-state index contributed by atoms with van der Waals surface area (Å²) in [6, 6.07) is 1.45. The maximum absolute atomic E-state index is 14.0. The van der Waals surface area contributed by atoms with Crippen LogP contribution in [-0.4, -0.2) is 29.5 Å². The minimum Gasteiger partial charge on any atom is -0.446 e. The van der Waals surface area contributed by atoms with Crippen LogP contribution in [0.5, 0.6) is 11.5 Å². The zero-order chi connectivity index (χ0) is 20.4. The first-order chi connectivity index (χ1) is 12.5. The van der Waals surface area contributed by atoms with Crippen molar-refractivity contribution in [3.05, 3.63) is 53.1 Å². The SMILES string of the molecule is OCC(O)CNc1ccc(F)c(F)c1Oc1c(F)cc(C(F)(F)F)cc1F. The van der Waals surface area contributed by atoms with Crippen LogP contribution in [0.4, 0.5) is 36.4 Å². The molecule has 0 aliphatic heterocycles. The number of aliphatic hydroxyl groups is 2. The second-order valence-electron chi connectivity index (χ2n) is 5.32. The summed E-state index contributed by atoms with van der Waals surface area (Å²) in [7, 11) is 0. The highest BCUT2D eigenvalue weighted by molar-refractivity contribution is 5.59. The van der Waals surface area contributed by atoms with Gasteiger partial charge in [-0.2, -0.15) is 17.6 Å². The van der Waals surface area contributed by atoms with Gasteiger partial charge in [0.25, 0.3) is 0 Å². The summed E-state index contributed by atoms with van der Waals surface area (Å²) in [5, 5.41) is 20.4. The summed E-state index contributed by atoms with van der Waals surface area (Å²) in [5.74, 6) is -9.11. The molecule has 0 aliphatic rings. The number of nitrogens with one attached hydrogen (secondary N) is 1. The van der Waals surface area contributed by atoms with E-state index in [1.807, 2.05) is 0 Å². The summed E-state index contributed by atoms with van der Waals surface area (Å²) >= 11 is 0. The zero-order valence-electron chi connectivity index (χ0n) is 13.2. The molecule has 0 saturated heterocycles. The normalized spacial score (nSPS) is 12.8. The third kappa shape index (κ3) is 4.80. The Balaban J connectivity index is 2.43. The molecule has 0 saturated carbocycles. The summed E-state index contributed by atoms with van der Waals surface area (Å²) in [4.78, 5) is 0. The molecule has 4 nitrogen and oxygen atoms in total. The van der Waals surface area contributed by atoms with Crippen molar-refractivity contribution in [1.29, 1.82) is 0 Å². The minimum atomic E-state index is -5.03. The smallest absolute Gasteiger partial charge is 0.416 e. The number of hydrogen-bond acceptors (Lipinski definition) is 4. The largest absolute Gasteiger partial charge is 0.446 e. The molecule has 2 aromatic rings. The molecule has 0 spiro atoms. The maximum atomic E-state index is 14.0. The molecule has 0 amide bonds. The average molecular weight is 399 g/mol. The van der Waals surface area contributed by atoms with Crippen molar-refractivity contribution in [3.63, 3.8) is 0 Å². The predicted molar refractivity (Wildman–Crippen MR) is 79.4 cm³/mol. The van der Waals surface area contributed by atoms with Crippen LogP contribution in [0.3, 0.4) is 0 Å². The number of rotatable bonds is 6. The third-order valence-corrected chi connectivity index (χ3v) is 3.32. The van der Waals surface area contributed by atoms with Crippen LogP contribution in [0.1, 0.15) is 5.56 Å². The fraction of sp³-hybridized carbons (Fsp3) is 0.250. The number of halogens is 7. The molecule has 2 rings (SSSR count). The summed E-state index contributed by atoms with van der Waals surface area (Å²) in [6.07, 6.45) is -6.33. The van der Waals surface area contributed by atoms with E-state index in [4.69, 9.17) is 5.11 Å². The van der Waals surface area contributed by atoms with Crippen LogP contribution < -0.4 is 10.1 Å². The van der Waals surface area contributed by atoms with Gasteiger partial charge >= 0.3 is 6.18 Å². The van der Waals surface area contributed by atoms with Crippen molar-refractivity contribution in [2.75, 3.05) is 18.5 Å². The number of hydrogen-bond donors (Lipinski definition) is 3. The van der Waals surface area contributed by atoms with E-state index in [0.29, 0.717) is 6.07 Å². The first-order valence-corrected chi connectivity index (χ1v) is 7.29. The molecule has 3 N–H and O–H groups in total. The summed E-state index contributed by atoms with van der Waals surface area (Å²) in [6.45, 7) is -1.04. The molecule has 11 heteroatoms. The molecule has 0 fully saturated rings. The van der Waals surface area contributed by atoms with Crippen molar-refractivity contribution in [2.24, 2.45) is 0 Å². The highest BCUT2D eigenvalue weighted by Crippen LogP contribution is 2.39. The second kappa shape index (κ2) is 8.01. The van der Waals surface area contributed by atoms with E-state index in [1.54, 1.807) is 0 Å². The number of benzene rings is 2. The van der Waals surface area contributed by atoms with Gasteiger partial charge in [-0.15, -0.1) is 0 Å². The van der Waals surface area contributed by atoms with E-state index in [-0.39, 0.29) is 24.4 Å². The van der Waals surface area contributed by atoms with Crippen molar-refractivity contribution < 1.29 is 45.7 Å². The molecule has 0 aromatic heterocycles. The molecular formula is C16H12F7NO3. The highest BCUT2D eigenvalue weighted by Gasteiger charge is 2.33. The Labute approximate surface area is 147 Å². The fourth-order valence-corrected chi connectivity index (χ4v) is 1.99. The average Bonchev–Trinajstić information content (AvgIpc) is 2.59. The van der Waals surface area contributed by atoms with Crippen molar-refractivity contribution >= 4 is 5.69 Å². The van der Waals surface area contributed by atoms with Gasteiger partial charge in [-0.1, -0.05) is 0 Å². The molecule has 1 atom stereocenters. The Morgan fingerprint density at radius 2 is 1.56 bits per heavy atom. The molecular weight excluding hydrogens is 387 g/mol. The van der Waals surface area contributed by atoms with Crippen LogP contribution >= 0.6 is 0 Å². The van der Waals surface area contributed by atoms with E-state index < -0.39 is 59.2 Å². The van der Waals surface area contributed by atoms with Gasteiger partial charge < -0.3 is 20.3 Å². The molecule has 1 unspecified atom stereocenters. The fourth-order valence-electron chi connectivity index (χ4n) is 1.99. The third-order valence-electron chi connectivity index (χ3n) is 3.32. The lowest BCUT2D eigenvalue weighted by atomic mass is 10.2. The van der Waals surface area contributed by atoms with Crippen molar-refractivity contribution in [3.8, 4) is 11.5 Å². The Morgan fingerprint density at radius 1 is 0.963 bits per heavy atom. The van der Waals surface area contributed by atoms with Gasteiger partial charge in [0.15, 0.2) is 29.0 Å². The monoisotopic (exact) mass is 399 g/mol. The van der Waals surface area contributed by atoms with Gasteiger partial charge in [-0.25, -0.2) is 13.2 Å². The number of ether oxygens (including phenoxy) is 1. The van der Waals surface area contributed by atoms with E-state index in [1.165, 1.54) is 0 Å². The summed E-state index contributed by atoms with van der Waals surface area (Å²) in [5.41, 5.74) is -1.99. The molecule has 27 heavy (non-hydrogen) atoms. The first-order valence-electron chi connectivity index (χ1n) is 7.29. The quantitative estimate of drug-likeness (QED) is 0.647. The lowest BCUT2D eigenvalue weighted by Crippen LogP contribution is -2.23. The van der Waals surface area contributed by atoms with Gasteiger partial charge in [-0.05, 0) is 24.3 Å². The predicted octanol–water partition coefficient (Wildman–Crippen LogP) is 3.82. The van der Waals surface area contributed by atoms with E-state index in [0.717, 1.165) is 6.07 Å². The standard InChI is InChI=1S/C16H12F7NO3/c17-9-1-2-12(24-5-8(26)6-25)15(13(9)20)27-14-10(18)3-7(4-11(14)19)16(21,22)23/h1-4,8,24-26H,5-6H2. The lowest BCUT2D eigenvalue weighted by Gasteiger charge is -2.17. The molecule has 148 valence electrons. The van der Waals surface area contributed by atoms with Crippen LogP contribution in [0.25, 0.3) is 0 Å².